The molecule has 1 aromatic rings. The van der Waals surface area contributed by atoms with Crippen molar-refractivity contribution in [2.24, 2.45) is 11.8 Å². The van der Waals surface area contributed by atoms with Gasteiger partial charge in [-0.25, -0.2) is 4.39 Å². The zero-order chi connectivity index (χ0) is 11.0. The largest absolute Gasteiger partial charge is 0.316 e. The third kappa shape index (κ3) is 1.99. The third-order valence-electron chi connectivity index (χ3n) is 4.04. The molecule has 0 bridgehead atoms. The van der Waals surface area contributed by atoms with Crippen molar-refractivity contribution < 1.29 is 4.39 Å². The van der Waals surface area contributed by atoms with Crippen LogP contribution in [0.1, 0.15) is 30.7 Å². The fraction of sp³-hybridized carbons (Fsp3) is 0.571. The van der Waals surface area contributed by atoms with Gasteiger partial charge in [0.15, 0.2) is 0 Å². The summed E-state index contributed by atoms with van der Waals surface area (Å²) in [6, 6.07) is 7.16. The molecule has 0 spiro atoms. The fourth-order valence-corrected chi connectivity index (χ4v) is 3.07. The molecule has 1 aliphatic carbocycles. The van der Waals surface area contributed by atoms with Crippen LogP contribution in [0.25, 0.3) is 0 Å². The molecule has 1 saturated heterocycles. The molecule has 1 saturated carbocycles. The molecule has 3 rings (SSSR count). The average Bonchev–Trinajstić information content (AvgIpc) is 3.13. The van der Waals surface area contributed by atoms with Crippen LogP contribution in [0.15, 0.2) is 24.3 Å². The van der Waals surface area contributed by atoms with Crippen LogP contribution in [0.3, 0.4) is 0 Å². The smallest absolute Gasteiger partial charge is 0.123 e. The molecule has 1 aliphatic heterocycles. The van der Waals surface area contributed by atoms with Crippen molar-refractivity contribution in [3.05, 3.63) is 35.6 Å². The van der Waals surface area contributed by atoms with E-state index in [0.29, 0.717) is 5.92 Å². The average molecular weight is 219 g/mol. The first-order valence-electron chi connectivity index (χ1n) is 6.31. The Balaban J connectivity index is 1.85. The topological polar surface area (TPSA) is 12.0 Å². The Kier molecular flexibility index (Phi) is 2.68. The summed E-state index contributed by atoms with van der Waals surface area (Å²) in [5, 5.41) is 3.44. The summed E-state index contributed by atoms with van der Waals surface area (Å²) >= 11 is 0. The van der Waals surface area contributed by atoms with Gasteiger partial charge in [0.25, 0.3) is 0 Å². The molecule has 1 nitrogen and oxygen atoms in total. The molecule has 2 heteroatoms. The summed E-state index contributed by atoms with van der Waals surface area (Å²) in [7, 11) is 0. The van der Waals surface area contributed by atoms with Crippen molar-refractivity contribution in [1.82, 2.24) is 5.32 Å². The van der Waals surface area contributed by atoms with E-state index in [1.54, 1.807) is 6.07 Å². The predicted molar refractivity (Wildman–Crippen MR) is 62.8 cm³/mol. The normalized spacial score (nSPS) is 30.3. The zero-order valence-corrected chi connectivity index (χ0v) is 9.45. The van der Waals surface area contributed by atoms with E-state index in [1.807, 2.05) is 6.07 Å². The second-order valence-corrected chi connectivity index (χ2v) is 5.16. The van der Waals surface area contributed by atoms with Gasteiger partial charge in [-0.2, -0.15) is 0 Å². The Bertz CT molecular complexity index is 373. The molecule has 1 aromatic carbocycles. The number of hydrogen-bond acceptors (Lipinski definition) is 1. The van der Waals surface area contributed by atoms with Gasteiger partial charge in [-0.15, -0.1) is 0 Å². The Labute approximate surface area is 96.1 Å². The van der Waals surface area contributed by atoms with Crippen molar-refractivity contribution in [2.45, 2.75) is 25.2 Å². The maximum absolute atomic E-state index is 13.2. The lowest BCUT2D eigenvalue weighted by molar-refractivity contribution is 0.290. The number of piperidine rings is 1. The van der Waals surface area contributed by atoms with Crippen molar-refractivity contribution in [3.8, 4) is 0 Å². The standard InChI is InChI=1S/C14H18FN/c15-12-3-1-2-11(8-12)14-9-16-7-6-13(14)10-4-5-10/h1-3,8,10,13-14,16H,4-7,9H2. The quantitative estimate of drug-likeness (QED) is 0.806. The molecular formula is C14H18FN. The lowest BCUT2D eigenvalue weighted by Gasteiger charge is -2.32. The first-order chi connectivity index (χ1) is 7.84. The maximum atomic E-state index is 13.2. The Hall–Kier alpha value is -0.890. The van der Waals surface area contributed by atoms with E-state index in [0.717, 1.165) is 24.9 Å². The summed E-state index contributed by atoms with van der Waals surface area (Å²) in [6.07, 6.45) is 4.03. The minimum absolute atomic E-state index is 0.0994. The van der Waals surface area contributed by atoms with Crippen molar-refractivity contribution >= 4 is 0 Å². The molecular weight excluding hydrogens is 201 g/mol. The first kappa shape index (κ1) is 10.3. The van der Waals surface area contributed by atoms with Crippen molar-refractivity contribution in [3.63, 3.8) is 0 Å². The van der Waals surface area contributed by atoms with Gasteiger partial charge in [0.2, 0.25) is 0 Å². The molecule has 1 N–H and O–H groups in total. The van der Waals surface area contributed by atoms with E-state index in [-0.39, 0.29) is 5.82 Å². The first-order valence-corrected chi connectivity index (χ1v) is 6.31. The highest BCUT2D eigenvalue weighted by Crippen LogP contribution is 2.46. The van der Waals surface area contributed by atoms with Crippen LogP contribution in [-0.4, -0.2) is 13.1 Å². The number of hydrogen-bond donors (Lipinski definition) is 1. The van der Waals surface area contributed by atoms with Crippen molar-refractivity contribution in [1.29, 1.82) is 0 Å². The number of benzene rings is 1. The van der Waals surface area contributed by atoms with E-state index in [9.17, 15) is 4.39 Å². The molecule has 86 valence electrons. The van der Waals surface area contributed by atoms with E-state index in [2.05, 4.69) is 11.4 Å². The summed E-state index contributed by atoms with van der Waals surface area (Å²) in [5.74, 6) is 2.12. The molecule has 2 aliphatic rings. The maximum Gasteiger partial charge on any atom is 0.123 e. The van der Waals surface area contributed by atoms with Gasteiger partial charge in [-0.3, -0.25) is 0 Å². The second-order valence-electron chi connectivity index (χ2n) is 5.16. The van der Waals surface area contributed by atoms with Crippen LogP contribution in [0, 0.1) is 17.7 Å². The Morgan fingerprint density at radius 3 is 2.81 bits per heavy atom. The van der Waals surface area contributed by atoms with E-state index in [1.165, 1.54) is 30.9 Å². The van der Waals surface area contributed by atoms with Crippen LogP contribution in [0.4, 0.5) is 4.39 Å². The number of rotatable bonds is 2. The zero-order valence-electron chi connectivity index (χ0n) is 9.45. The Morgan fingerprint density at radius 2 is 2.06 bits per heavy atom. The second kappa shape index (κ2) is 4.17. The summed E-state index contributed by atoms with van der Waals surface area (Å²) in [5.41, 5.74) is 1.18. The molecule has 2 unspecified atom stereocenters. The van der Waals surface area contributed by atoms with Gasteiger partial charge in [-0.05, 0) is 61.3 Å². The van der Waals surface area contributed by atoms with Crippen LogP contribution in [0.2, 0.25) is 0 Å². The number of nitrogens with one attached hydrogen (secondary N) is 1. The summed E-state index contributed by atoms with van der Waals surface area (Å²) in [4.78, 5) is 0. The van der Waals surface area contributed by atoms with E-state index >= 15 is 0 Å². The summed E-state index contributed by atoms with van der Waals surface area (Å²) < 4.78 is 13.2. The fourth-order valence-electron chi connectivity index (χ4n) is 3.07. The highest BCUT2D eigenvalue weighted by Gasteiger charge is 2.38. The van der Waals surface area contributed by atoms with Crippen LogP contribution < -0.4 is 5.32 Å². The minimum atomic E-state index is -0.0994. The van der Waals surface area contributed by atoms with Gasteiger partial charge in [0, 0.05) is 6.54 Å². The molecule has 0 aromatic heterocycles. The summed E-state index contributed by atoms with van der Waals surface area (Å²) in [6.45, 7) is 2.15. The van der Waals surface area contributed by atoms with E-state index in [4.69, 9.17) is 0 Å². The molecule has 2 fully saturated rings. The monoisotopic (exact) mass is 219 g/mol. The van der Waals surface area contributed by atoms with Crippen molar-refractivity contribution in [2.75, 3.05) is 13.1 Å². The molecule has 0 radical (unpaired) electrons. The van der Waals surface area contributed by atoms with Crippen LogP contribution >= 0.6 is 0 Å². The predicted octanol–water partition coefficient (Wildman–Crippen LogP) is 2.93. The lowest BCUT2D eigenvalue weighted by atomic mass is 9.78. The molecule has 16 heavy (non-hydrogen) atoms. The highest BCUT2D eigenvalue weighted by atomic mass is 19.1. The minimum Gasteiger partial charge on any atom is -0.316 e. The van der Waals surface area contributed by atoms with Gasteiger partial charge < -0.3 is 5.32 Å². The lowest BCUT2D eigenvalue weighted by Crippen LogP contribution is -2.36. The highest BCUT2D eigenvalue weighted by molar-refractivity contribution is 5.23. The van der Waals surface area contributed by atoms with Gasteiger partial charge in [0.1, 0.15) is 5.82 Å². The number of halogens is 1. The molecule has 0 amide bonds. The van der Waals surface area contributed by atoms with Gasteiger partial charge in [0.05, 0.1) is 0 Å². The SMILES string of the molecule is Fc1cccc(C2CNCCC2C2CC2)c1. The van der Waals surface area contributed by atoms with Gasteiger partial charge in [-0.1, -0.05) is 12.1 Å². The van der Waals surface area contributed by atoms with Crippen LogP contribution in [-0.2, 0) is 0 Å². The van der Waals surface area contributed by atoms with Gasteiger partial charge >= 0.3 is 0 Å². The molecule has 1 heterocycles. The third-order valence-corrected chi connectivity index (χ3v) is 4.04. The Morgan fingerprint density at radius 1 is 1.19 bits per heavy atom. The van der Waals surface area contributed by atoms with Crippen LogP contribution in [0.5, 0.6) is 0 Å². The molecule has 2 atom stereocenters. The van der Waals surface area contributed by atoms with E-state index < -0.39 is 0 Å².